The smallest absolute Gasteiger partial charge is 0.0630 e. The van der Waals surface area contributed by atoms with E-state index in [1.807, 2.05) is 88.4 Å². The van der Waals surface area contributed by atoms with Crippen molar-refractivity contribution in [3.8, 4) is 0 Å². The van der Waals surface area contributed by atoms with Crippen molar-refractivity contribution in [2.45, 2.75) is 27.7 Å². The first kappa shape index (κ1) is 17.8. The number of nitrogens with zero attached hydrogens (tertiary/aromatic N) is 2. The van der Waals surface area contributed by atoms with Crippen LogP contribution < -0.4 is 0 Å². The fourth-order valence-electron chi connectivity index (χ4n) is 1.27. The third-order valence-corrected chi connectivity index (χ3v) is 2.03. The molecule has 20 heavy (non-hydrogen) atoms. The second-order valence-corrected chi connectivity index (χ2v) is 3.23. The predicted octanol–water partition coefficient (Wildman–Crippen LogP) is 5.84. The molecule has 0 aromatic heterocycles. The Morgan fingerprint density at radius 3 is 1.15 bits per heavy atom. The van der Waals surface area contributed by atoms with Crippen LogP contribution in [0.5, 0.6) is 0 Å². The first-order valence-electron chi connectivity index (χ1n) is 7.12. The summed E-state index contributed by atoms with van der Waals surface area (Å²) >= 11 is 0. The van der Waals surface area contributed by atoms with Crippen molar-refractivity contribution in [3.63, 3.8) is 0 Å². The number of aliphatic imine (C=N–C) groups is 2. The van der Waals surface area contributed by atoms with E-state index >= 15 is 0 Å². The summed E-state index contributed by atoms with van der Waals surface area (Å²) in [6.45, 7) is 8.00. The molecule has 0 aliphatic heterocycles. The summed E-state index contributed by atoms with van der Waals surface area (Å²) in [5.41, 5.74) is 1.86. The highest BCUT2D eigenvalue weighted by molar-refractivity contribution is 6.17. The molecule has 2 aromatic rings. The third-order valence-electron chi connectivity index (χ3n) is 2.03. The molecular weight excluding hydrogens is 244 g/mol. The molecule has 106 valence electrons. The van der Waals surface area contributed by atoms with Crippen LogP contribution in [-0.2, 0) is 0 Å². The molecule has 0 fully saturated rings. The van der Waals surface area contributed by atoms with Crippen molar-refractivity contribution >= 4 is 23.8 Å². The maximum Gasteiger partial charge on any atom is 0.0630 e. The molecule has 0 radical (unpaired) electrons. The maximum absolute atomic E-state index is 4.25. The zero-order valence-electron chi connectivity index (χ0n) is 12.8. The second-order valence-electron chi connectivity index (χ2n) is 3.23. The van der Waals surface area contributed by atoms with Gasteiger partial charge < -0.3 is 0 Å². The van der Waals surface area contributed by atoms with E-state index in [1.165, 1.54) is 0 Å². The summed E-state index contributed by atoms with van der Waals surface area (Å²) in [4.78, 5) is 8.49. The standard InChI is InChI=1S/C14H12N2.2C2H6/c1-3-7-13(8-4-1)15-11-12-16-14-9-5-2-6-10-14;2*1-2/h1-12H;2*1-2H3. The van der Waals surface area contributed by atoms with Crippen molar-refractivity contribution in [1.29, 1.82) is 0 Å². The molecule has 0 heterocycles. The van der Waals surface area contributed by atoms with Gasteiger partial charge in [0, 0.05) is 12.4 Å². The lowest BCUT2D eigenvalue weighted by molar-refractivity contribution is 1.50. The SMILES string of the molecule is C(C=Nc1ccccc1)=Nc1ccccc1.CC.CC. The molecule has 0 atom stereocenters. The molecule has 0 unspecified atom stereocenters. The minimum atomic E-state index is 0.932. The number of benzene rings is 2. The van der Waals surface area contributed by atoms with Gasteiger partial charge in [-0.25, -0.2) is 0 Å². The first-order chi connectivity index (χ1) is 9.95. The van der Waals surface area contributed by atoms with Crippen molar-refractivity contribution in [2.24, 2.45) is 9.98 Å². The molecule has 0 spiro atoms. The van der Waals surface area contributed by atoms with E-state index in [0.29, 0.717) is 0 Å². The zero-order chi connectivity index (χ0) is 15.1. The lowest BCUT2D eigenvalue weighted by Crippen LogP contribution is -1.74. The highest BCUT2D eigenvalue weighted by Crippen LogP contribution is 2.09. The van der Waals surface area contributed by atoms with Gasteiger partial charge in [-0.2, -0.15) is 0 Å². The minimum absolute atomic E-state index is 0.932. The normalized spacial score (nSPS) is 9.60. The Labute approximate surface area is 122 Å². The highest BCUT2D eigenvalue weighted by atomic mass is 14.8. The van der Waals surface area contributed by atoms with E-state index in [2.05, 4.69) is 9.98 Å². The Morgan fingerprint density at radius 2 is 0.850 bits per heavy atom. The van der Waals surface area contributed by atoms with E-state index in [9.17, 15) is 0 Å². The van der Waals surface area contributed by atoms with Gasteiger partial charge >= 0.3 is 0 Å². The number of para-hydroxylation sites is 2. The van der Waals surface area contributed by atoms with Crippen LogP contribution in [0.15, 0.2) is 70.6 Å². The van der Waals surface area contributed by atoms with E-state index in [1.54, 1.807) is 12.4 Å². The average Bonchev–Trinajstić information content (AvgIpc) is 2.57. The molecule has 0 aliphatic carbocycles. The van der Waals surface area contributed by atoms with E-state index in [4.69, 9.17) is 0 Å². The Bertz CT molecular complexity index is 426. The van der Waals surface area contributed by atoms with Crippen LogP contribution in [0.4, 0.5) is 11.4 Å². The largest absolute Gasteiger partial charge is 0.255 e. The molecule has 0 saturated heterocycles. The molecular formula is C18H24N2. The van der Waals surface area contributed by atoms with E-state index in [0.717, 1.165) is 11.4 Å². The predicted molar refractivity (Wildman–Crippen MR) is 91.9 cm³/mol. The Morgan fingerprint density at radius 1 is 0.550 bits per heavy atom. The Hall–Kier alpha value is -2.22. The van der Waals surface area contributed by atoms with Crippen LogP contribution in [0.1, 0.15) is 27.7 Å². The Kier molecular flexibility index (Phi) is 11.8. The van der Waals surface area contributed by atoms with Crippen LogP contribution >= 0.6 is 0 Å². The van der Waals surface area contributed by atoms with Gasteiger partial charge in [0.1, 0.15) is 0 Å². The lowest BCUT2D eigenvalue weighted by Gasteiger charge is -1.90. The second kappa shape index (κ2) is 13.2. The van der Waals surface area contributed by atoms with Crippen LogP contribution in [0.2, 0.25) is 0 Å². The van der Waals surface area contributed by atoms with Crippen LogP contribution in [0, 0.1) is 0 Å². The molecule has 0 amide bonds. The molecule has 0 aliphatic rings. The Balaban J connectivity index is 0.000000829. The zero-order valence-corrected chi connectivity index (χ0v) is 12.8. The van der Waals surface area contributed by atoms with Gasteiger partial charge in [-0.05, 0) is 24.3 Å². The van der Waals surface area contributed by atoms with Crippen molar-refractivity contribution in [3.05, 3.63) is 60.7 Å². The average molecular weight is 268 g/mol. The van der Waals surface area contributed by atoms with Crippen LogP contribution in [-0.4, -0.2) is 12.4 Å². The van der Waals surface area contributed by atoms with Gasteiger partial charge in [0.25, 0.3) is 0 Å². The number of hydrogen-bond donors (Lipinski definition) is 0. The van der Waals surface area contributed by atoms with Gasteiger partial charge in [-0.3, -0.25) is 9.98 Å². The topological polar surface area (TPSA) is 24.7 Å². The molecule has 2 rings (SSSR count). The summed E-state index contributed by atoms with van der Waals surface area (Å²) in [5, 5.41) is 0. The highest BCUT2D eigenvalue weighted by Gasteiger charge is 1.82. The summed E-state index contributed by atoms with van der Waals surface area (Å²) in [6.07, 6.45) is 3.39. The first-order valence-corrected chi connectivity index (χ1v) is 7.12. The van der Waals surface area contributed by atoms with Crippen molar-refractivity contribution < 1.29 is 0 Å². The maximum atomic E-state index is 4.25. The summed E-state index contributed by atoms with van der Waals surface area (Å²) in [6, 6.07) is 19.6. The lowest BCUT2D eigenvalue weighted by atomic mass is 10.3. The van der Waals surface area contributed by atoms with Crippen LogP contribution in [0.25, 0.3) is 0 Å². The number of hydrogen-bond acceptors (Lipinski definition) is 2. The summed E-state index contributed by atoms with van der Waals surface area (Å²) in [7, 11) is 0. The van der Waals surface area contributed by atoms with Crippen molar-refractivity contribution in [2.75, 3.05) is 0 Å². The fraction of sp³-hybridized carbons (Fsp3) is 0.222. The minimum Gasteiger partial charge on any atom is -0.255 e. The van der Waals surface area contributed by atoms with Gasteiger partial charge in [0.2, 0.25) is 0 Å². The summed E-state index contributed by atoms with van der Waals surface area (Å²) < 4.78 is 0. The van der Waals surface area contributed by atoms with Gasteiger partial charge in [0.05, 0.1) is 11.4 Å². The molecule has 2 heteroatoms. The third kappa shape index (κ3) is 7.98. The fourth-order valence-corrected chi connectivity index (χ4v) is 1.27. The molecule has 2 nitrogen and oxygen atoms in total. The monoisotopic (exact) mass is 268 g/mol. The van der Waals surface area contributed by atoms with E-state index in [-0.39, 0.29) is 0 Å². The molecule has 0 N–H and O–H groups in total. The molecule has 0 saturated carbocycles. The molecule has 2 aromatic carbocycles. The molecule has 0 bridgehead atoms. The van der Waals surface area contributed by atoms with Gasteiger partial charge in [-0.15, -0.1) is 0 Å². The van der Waals surface area contributed by atoms with Crippen LogP contribution in [0.3, 0.4) is 0 Å². The van der Waals surface area contributed by atoms with E-state index < -0.39 is 0 Å². The number of rotatable bonds is 3. The summed E-state index contributed by atoms with van der Waals surface area (Å²) in [5.74, 6) is 0. The van der Waals surface area contributed by atoms with Crippen molar-refractivity contribution in [1.82, 2.24) is 0 Å². The quantitative estimate of drug-likeness (QED) is 0.624. The van der Waals surface area contributed by atoms with Gasteiger partial charge in [0.15, 0.2) is 0 Å². The van der Waals surface area contributed by atoms with Gasteiger partial charge in [-0.1, -0.05) is 64.1 Å².